The summed E-state index contributed by atoms with van der Waals surface area (Å²) in [6.45, 7) is 6.82. The van der Waals surface area contributed by atoms with Crippen molar-refractivity contribution in [3.63, 3.8) is 0 Å². The van der Waals surface area contributed by atoms with E-state index in [1.807, 2.05) is 18.2 Å². The number of morpholine rings is 1. The van der Waals surface area contributed by atoms with Crippen LogP contribution in [0.15, 0.2) is 22.7 Å². The second-order valence-corrected chi connectivity index (χ2v) is 5.62. The van der Waals surface area contributed by atoms with E-state index in [1.54, 1.807) is 0 Å². The molecule has 0 bridgehead atoms. The predicted octanol–water partition coefficient (Wildman–Crippen LogP) is 2.45. The van der Waals surface area contributed by atoms with E-state index in [2.05, 4.69) is 39.1 Å². The summed E-state index contributed by atoms with van der Waals surface area (Å²) in [7, 11) is 0. The maximum Gasteiger partial charge on any atom is 0.0992 e. The molecule has 0 amide bonds. The number of hydrogen-bond acceptors (Lipinski definition) is 4. The zero-order chi connectivity index (χ0) is 13.7. The van der Waals surface area contributed by atoms with Crippen molar-refractivity contribution in [2.75, 3.05) is 38.2 Å². The topological polar surface area (TPSA) is 48.3 Å². The van der Waals surface area contributed by atoms with E-state index in [-0.39, 0.29) is 0 Å². The van der Waals surface area contributed by atoms with Crippen molar-refractivity contribution in [1.82, 2.24) is 4.90 Å². The molecule has 0 radical (unpaired) electrons. The fraction of sp³-hybridized carbons (Fsp3) is 0.500. The molecule has 1 aromatic rings. The molecule has 2 rings (SSSR count). The highest BCUT2D eigenvalue weighted by molar-refractivity contribution is 9.10. The Kier molecular flexibility index (Phi) is 5.20. The van der Waals surface area contributed by atoms with E-state index in [0.29, 0.717) is 11.6 Å². The molecule has 1 aliphatic rings. The first-order chi connectivity index (χ1) is 9.19. The third kappa shape index (κ3) is 4.20. The van der Waals surface area contributed by atoms with Crippen molar-refractivity contribution >= 4 is 21.6 Å². The highest BCUT2D eigenvalue weighted by Crippen LogP contribution is 2.24. The SMILES string of the molecule is CC(CN1CCOCC1)Nc1ccc(C#N)cc1Br. The quantitative estimate of drug-likeness (QED) is 0.924. The lowest BCUT2D eigenvalue weighted by Gasteiger charge is -2.29. The van der Waals surface area contributed by atoms with Crippen molar-refractivity contribution < 1.29 is 4.74 Å². The van der Waals surface area contributed by atoms with Crippen LogP contribution in [-0.2, 0) is 4.74 Å². The Hall–Kier alpha value is -1.09. The number of halogens is 1. The fourth-order valence-corrected chi connectivity index (χ4v) is 2.68. The lowest BCUT2D eigenvalue weighted by molar-refractivity contribution is 0.0368. The molecule has 1 atom stereocenters. The van der Waals surface area contributed by atoms with Gasteiger partial charge < -0.3 is 10.1 Å². The normalized spacial score (nSPS) is 17.7. The molecule has 1 heterocycles. The summed E-state index contributed by atoms with van der Waals surface area (Å²) in [4.78, 5) is 2.40. The van der Waals surface area contributed by atoms with Gasteiger partial charge in [0.25, 0.3) is 0 Å². The summed E-state index contributed by atoms with van der Waals surface area (Å²) >= 11 is 3.49. The average Bonchev–Trinajstić information content (AvgIpc) is 2.42. The molecule has 5 heteroatoms. The molecule has 0 spiro atoms. The van der Waals surface area contributed by atoms with Gasteiger partial charge in [0, 0.05) is 35.8 Å². The molecule has 0 saturated carbocycles. The van der Waals surface area contributed by atoms with Gasteiger partial charge >= 0.3 is 0 Å². The van der Waals surface area contributed by atoms with Crippen molar-refractivity contribution in [3.8, 4) is 6.07 Å². The minimum Gasteiger partial charge on any atom is -0.380 e. The molecule has 0 aliphatic carbocycles. The van der Waals surface area contributed by atoms with Crippen molar-refractivity contribution in [3.05, 3.63) is 28.2 Å². The first-order valence-electron chi connectivity index (χ1n) is 6.45. The number of hydrogen-bond donors (Lipinski definition) is 1. The van der Waals surface area contributed by atoms with Crippen LogP contribution in [0.2, 0.25) is 0 Å². The Balaban J connectivity index is 1.91. The van der Waals surface area contributed by atoms with Crippen molar-refractivity contribution in [2.24, 2.45) is 0 Å². The van der Waals surface area contributed by atoms with Crippen LogP contribution in [0.25, 0.3) is 0 Å². The second-order valence-electron chi connectivity index (χ2n) is 4.76. The smallest absolute Gasteiger partial charge is 0.0992 e. The molecule has 1 aromatic carbocycles. The molecule has 1 N–H and O–H groups in total. The summed E-state index contributed by atoms with van der Waals surface area (Å²) < 4.78 is 6.27. The summed E-state index contributed by atoms with van der Waals surface area (Å²) in [5.74, 6) is 0. The Labute approximate surface area is 122 Å². The van der Waals surface area contributed by atoms with Crippen LogP contribution in [0.1, 0.15) is 12.5 Å². The van der Waals surface area contributed by atoms with Crippen LogP contribution in [0.5, 0.6) is 0 Å². The Morgan fingerprint density at radius 1 is 1.47 bits per heavy atom. The summed E-state index contributed by atoms with van der Waals surface area (Å²) in [6.07, 6.45) is 0. The van der Waals surface area contributed by atoms with Gasteiger partial charge in [0.2, 0.25) is 0 Å². The molecule has 1 aliphatic heterocycles. The van der Waals surface area contributed by atoms with Crippen molar-refractivity contribution in [1.29, 1.82) is 5.26 Å². The Morgan fingerprint density at radius 2 is 2.21 bits per heavy atom. The van der Waals surface area contributed by atoms with E-state index >= 15 is 0 Å². The number of nitriles is 1. The van der Waals surface area contributed by atoms with Crippen molar-refractivity contribution in [2.45, 2.75) is 13.0 Å². The number of nitrogens with one attached hydrogen (secondary N) is 1. The minimum absolute atomic E-state index is 0.349. The zero-order valence-corrected chi connectivity index (χ0v) is 12.6. The van der Waals surface area contributed by atoms with Gasteiger partial charge in [-0.3, -0.25) is 4.90 Å². The van der Waals surface area contributed by atoms with E-state index in [1.165, 1.54) is 0 Å². The molecule has 1 saturated heterocycles. The summed E-state index contributed by atoms with van der Waals surface area (Å²) in [6, 6.07) is 8.09. The third-order valence-electron chi connectivity index (χ3n) is 3.14. The Bertz CT molecular complexity index is 466. The van der Waals surface area contributed by atoms with Gasteiger partial charge in [0.1, 0.15) is 0 Å². The van der Waals surface area contributed by atoms with Crippen LogP contribution in [0, 0.1) is 11.3 Å². The van der Waals surface area contributed by atoms with Gasteiger partial charge in [-0.05, 0) is 41.1 Å². The molecule has 1 unspecified atom stereocenters. The van der Waals surface area contributed by atoms with Crippen LogP contribution < -0.4 is 5.32 Å². The number of ether oxygens (including phenoxy) is 1. The molecule has 4 nitrogen and oxygen atoms in total. The van der Waals surface area contributed by atoms with Gasteiger partial charge in [-0.1, -0.05) is 0 Å². The van der Waals surface area contributed by atoms with Gasteiger partial charge in [-0.25, -0.2) is 0 Å². The van der Waals surface area contributed by atoms with E-state index < -0.39 is 0 Å². The Morgan fingerprint density at radius 3 is 2.84 bits per heavy atom. The van der Waals surface area contributed by atoms with Crippen LogP contribution >= 0.6 is 15.9 Å². The zero-order valence-electron chi connectivity index (χ0n) is 11.0. The predicted molar refractivity (Wildman–Crippen MR) is 79.2 cm³/mol. The maximum absolute atomic E-state index is 8.84. The van der Waals surface area contributed by atoms with E-state index in [9.17, 15) is 0 Å². The first-order valence-corrected chi connectivity index (χ1v) is 7.24. The molecule has 102 valence electrons. The van der Waals surface area contributed by atoms with Gasteiger partial charge in [0.05, 0.1) is 24.8 Å². The monoisotopic (exact) mass is 323 g/mol. The highest BCUT2D eigenvalue weighted by Gasteiger charge is 2.14. The third-order valence-corrected chi connectivity index (χ3v) is 3.79. The number of nitrogens with zero attached hydrogens (tertiary/aromatic N) is 2. The van der Waals surface area contributed by atoms with E-state index in [4.69, 9.17) is 10.00 Å². The van der Waals surface area contributed by atoms with Crippen LogP contribution in [0.3, 0.4) is 0 Å². The second kappa shape index (κ2) is 6.90. The lowest BCUT2D eigenvalue weighted by atomic mass is 10.2. The number of anilines is 1. The van der Waals surface area contributed by atoms with Gasteiger partial charge in [-0.15, -0.1) is 0 Å². The molecule has 0 aromatic heterocycles. The summed E-state index contributed by atoms with van der Waals surface area (Å²) in [5, 5.41) is 12.3. The fourth-order valence-electron chi connectivity index (χ4n) is 2.18. The molecule has 19 heavy (non-hydrogen) atoms. The molecular weight excluding hydrogens is 306 g/mol. The van der Waals surface area contributed by atoms with Crippen LogP contribution in [0.4, 0.5) is 5.69 Å². The first kappa shape index (κ1) is 14.3. The van der Waals surface area contributed by atoms with Crippen LogP contribution in [-0.4, -0.2) is 43.8 Å². The average molecular weight is 324 g/mol. The van der Waals surface area contributed by atoms with Gasteiger partial charge in [0.15, 0.2) is 0 Å². The number of rotatable bonds is 4. The summed E-state index contributed by atoms with van der Waals surface area (Å²) in [5.41, 5.74) is 1.69. The highest BCUT2D eigenvalue weighted by atomic mass is 79.9. The molecular formula is C14H18BrN3O. The maximum atomic E-state index is 8.84. The van der Waals surface area contributed by atoms with Gasteiger partial charge in [-0.2, -0.15) is 5.26 Å². The minimum atomic E-state index is 0.349. The number of benzene rings is 1. The standard InChI is InChI=1S/C14H18BrN3O/c1-11(10-18-4-6-19-7-5-18)17-14-3-2-12(9-16)8-13(14)15/h2-3,8,11,17H,4-7,10H2,1H3. The lowest BCUT2D eigenvalue weighted by Crippen LogP contribution is -2.42. The van der Waals surface area contributed by atoms with E-state index in [0.717, 1.165) is 43.0 Å². The largest absolute Gasteiger partial charge is 0.380 e. The molecule has 1 fully saturated rings.